The van der Waals surface area contributed by atoms with Crippen LogP contribution in [0.5, 0.6) is 0 Å². The van der Waals surface area contributed by atoms with E-state index in [1.165, 1.54) is 28.3 Å². The second kappa shape index (κ2) is 8.95. The van der Waals surface area contributed by atoms with Crippen LogP contribution in [0.25, 0.3) is 6.08 Å². The molecule has 0 aliphatic heterocycles. The minimum Gasteiger partial charge on any atom is -0.395 e. The smallest absolute Gasteiger partial charge is 0.267 e. The van der Waals surface area contributed by atoms with E-state index in [0.717, 1.165) is 24.9 Å². The maximum atomic E-state index is 11.2. The number of hydrogen-bond donors (Lipinski definition) is 3. The van der Waals surface area contributed by atoms with Gasteiger partial charge in [-0.25, -0.2) is 5.48 Å². The van der Waals surface area contributed by atoms with Crippen molar-refractivity contribution < 1.29 is 15.1 Å². The van der Waals surface area contributed by atoms with Crippen molar-refractivity contribution in [2.75, 3.05) is 13.2 Å². The van der Waals surface area contributed by atoms with Crippen LogP contribution in [0.4, 0.5) is 0 Å². The number of nitrogens with zero attached hydrogens (tertiary/aromatic N) is 1. The highest BCUT2D eigenvalue weighted by molar-refractivity contribution is 5.90. The van der Waals surface area contributed by atoms with Gasteiger partial charge < -0.3 is 5.11 Å². The Kier molecular flexibility index (Phi) is 6.40. The summed E-state index contributed by atoms with van der Waals surface area (Å²) in [6, 6.07) is 14.9. The zero-order valence-electron chi connectivity index (χ0n) is 15.6. The number of carbonyl (C=O) groups is 1. The number of nitrogens with one attached hydrogen (secondary N) is 1. The van der Waals surface area contributed by atoms with Crippen molar-refractivity contribution in [1.29, 1.82) is 0 Å². The molecule has 0 radical (unpaired) electrons. The van der Waals surface area contributed by atoms with E-state index in [1.807, 2.05) is 12.1 Å². The molecule has 5 heteroatoms. The first-order valence-electron chi connectivity index (χ1n) is 9.26. The van der Waals surface area contributed by atoms with Crippen LogP contribution in [0.15, 0.2) is 48.5 Å². The molecule has 1 aliphatic rings. The van der Waals surface area contributed by atoms with Crippen LogP contribution in [-0.2, 0) is 17.8 Å². The van der Waals surface area contributed by atoms with Gasteiger partial charge in [0.25, 0.3) is 5.91 Å². The SMILES string of the molecule is Cc1ccccc1CN(CCO)C1CCc2cc(C=CC(=O)NO)ccc21. The number of benzene rings is 2. The number of amides is 1. The van der Waals surface area contributed by atoms with Crippen LogP contribution in [-0.4, -0.2) is 34.3 Å². The number of hydroxylamine groups is 1. The van der Waals surface area contributed by atoms with Crippen LogP contribution in [0, 0.1) is 6.92 Å². The van der Waals surface area contributed by atoms with Crippen LogP contribution in [0.1, 0.15) is 40.3 Å². The molecule has 1 aliphatic carbocycles. The molecule has 2 aromatic rings. The van der Waals surface area contributed by atoms with Crippen molar-refractivity contribution in [3.63, 3.8) is 0 Å². The van der Waals surface area contributed by atoms with E-state index in [0.29, 0.717) is 6.54 Å². The first-order valence-corrected chi connectivity index (χ1v) is 9.26. The molecular formula is C22H26N2O3. The molecule has 1 atom stereocenters. The molecule has 1 unspecified atom stereocenters. The maximum Gasteiger partial charge on any atom is 0.267 e. The van der Waals surface area contributed by atoms with Gasteiger partial charge in [0.05, 0.1) is 6.61 Å². The Morgan fingerprint density at radius 2 is 2.11 bits per heavy atom. The molecular weight excluding hydrogens is 340 g/mol. The third-order valence-corrected chi connectivity index (χ3v) is 5.21. The fourth-order valence-corrected chi connectivity index (χ4v) is 3.79. The molecule has 0 saturated heterocycles. The second-order valence-electron chi connectivity index (χ2n) is 6.94. The van der Waals surface area contributed by atoms with Gasteiger partial charge in [0.2, 0.25) is 0 Å². The van der Waals surface area contributed by atoms with Gasteiger partial charge in [0.1, 0.15) is 0 Å². The summed E-state index contributed by atoms with van der Waals surface area (Å²) in [7, 11) is 0. The zero-order chi connectivity index (χ0) is 19.2. The van der Waals surface area contributed by atoms with E-state index in [4.69, 9.17) is 5.21 Å². The van der Waals surface area contributed by atoms with E-state index in [1.54, 1.807) is 11.6 Å². The molecule has 0 fully saturated rings. The summed E-state index contributed by atoms with van der Waals surface area (Å²) in [4.78, 5) is 13.5. The molecule has 3 N–H and O–H groups in total. The number of fused-ring (bicyclic) bond motifs is 1. The molecule has 3 rings (SSSR count). The van der Waals surface area contributed by atoms with E-state index in [9.17, 15) is 9.90 Å². The standard InChI is InChI=1S/C22H26N2O3/c1-16-4-2-3-5-19(16)15-24(12-13-25)21-10-8-18-14-17(6-9-20(18)21)7-11-22(26)23-27/h2-7,9,11,14,21,25,27H,8,10,12-13,15H2,1H3,(H,23,26). The summed E-state index contributed by atoms with van der Waals surface area (Å²) in [5.74, 6) is -0.541. The maximum absolute atomic E-state index is 11.2. The highest BCUT2D eigenvalue weighted by atomic mass is 16.5. The fraction of sp³-hybridized carbons (Fsp3) is 0.318. The van der Waals surface area contributed by atoms with Gasteiger partial charge in [-0.05, 0) is 53.7 Å². The lowest BCUT2D eigenvalue weighted by atomic mass is 10.0. The molecule has 0 heterocycles. The van der Waals surface area contributed by atoms with Gasteiger partial charge in [0, 0.05) is 25.2 Å². The molecule has 0 spiro atoms. The second-order valence-corrected chi connectivity index (χ2v) is 6.94. The summed E-state index contributed by atoms with van der Waals surface area (Å²) < 4.78 is 0. The molecule has 1 amide bonds. The summed E-state index contributed by atoms with van der Waals surface area (Å²) in [5, 5.41) is 18.2. The van der Waals surface area contributed by atoms with E-state index in [2.05, 4.69) is 42.2 Å². The molecule has 2 aromatic carbocycles. The normalized spacial score (nSPS) is 16.1. The third-order valence-electron chi connectivity index (χ3n) is 5.21. The summed E-state index contributed by atoms with van der Waals surface area (Å²) >= 11 is 0. The van der Waals surface area contributed by atoms with Crippen molar-refractivity contribution in [2.45, 2.75) is 32.4 Å². The average molecular weight is 366 g/mol. The van der Waals surface area contributed by atoms with Gasteiger partial charge in [0.15, 0.2) is 0 Å². The van der Waals surface area contributed by atoms with Crippen LogP contribution < -0.4 is 5.48 Å². The van der Waals surface area contributed by atoms with Crippen molar-refractivity contribution >= 4 is 12.0 Å². The van der Waals surface area contributed by atoms with Gasteiger partial charge in [-0.15, -0.1) is 0 Å². The van der Waals surface area contributed by atoms with Crippen molar-refractivity contribution in [2.24, 2.45) is 0 Å². The highest BCUT2D eigenvalue weighted by Gasteiger charge is 2.28. The van der Waals surface area contributed by atoms with Crippen LogP contribution in [0.2, 0.25) is 0 Å². The fourth-order valence-electron chi connectivity index (χ4n) is 3.79. The third kappa shape index (κ3) is 4.63. The number of aliphatic hydroxyl groups excluding tert-OH is 1. The first-order chi connectivity index (χ1) is 13.1. The van der Waals surface area contributed by atoms with Gasteiger partial charge in [-0.1, -0.05) is 42.5 Å². The zero-order valence-corrected chi connectivity index (χ0v) is 15.6. The molecule has 0 saturated carbocycles. The Hall–Kier alpha value is -2.47. The van der Waals surface area contributed by atoms with E-state index in [-0.39, 0.29) is 12.6 Å². The highest BCUT2D eigenvalue weighted by Crippen LogP contribution is 2.37. The van der Waals surface area contributed by atoms with Gasteiger partial charge >= 0.3 is 0 Å². The Labute approximate surface area is 159 Å². The van der Waals surface area contributed by atoms with Gasteiger partial charge in [-0.3, -0.25) is 14.9 Å². The Bertz CT molecular complexity index is 832. The Morgan fingerprint density at radius 1 is 1.30 bits per heavy atom. The summed E-state index contributed by atoms with van der Waals surface area (Å²) in [6.45, 7) is 3.71. The largest absolute Gasteiger partial charge is 0.395 e. The lowest BCUT2D eigenvalue weighted by Crippen LogP contribution is -2.30. The lowest BCUT2D eigenvalue weighted by Gasteiger charge is -2.29. The topological polar surface area (TPSA) is 72.8 Å². The number of hydrogen-bond acceptors (Lipinski definition) is 4. The quantitative estimate of drug-likeness (QED) is 0.400. The summed E-state index contributed by atoms with van der Waals surface area (Å²) in [5.41, 5.74) is 7.65. The van der Waals surface area contributed by atoms with Crippen LogP contribution >= 0.6 is 0 Å². The van der Waals surface area contributed by atoms with Crippen molar-refractivity contribution in [3.8, 4) is 0 Å². The lowest BCUT2D eigenvalue weighted by molar-refractivity contribution is -0.124. The van der Waals surface area contributed by atoms with Gasteiger partial charge in [-0.2, -0.15) is 0 Å². The molecule has 5 nitrogen and oxygen atoms in total. The molecule has 27 heavy (non-hydrogen) atoms. The van der Waals surface area contributed by atoms with E-state index < -0.39 is 5.91 Å². The first kappa shape index (κ1) is 19.3. The molecule has 0 bridgehead atoms. The number of rotatable bonds is 7. The van der Waals surface area contributed by atoms with Crippen molar-refractivity contribution in [1.82, 2.24) is 10.4 Å². The molecule has 142 valence electrons. The summed E-state index contributed by atoms with van der Waals surface area (Å²) in [6.07, 6.45) is 5.00. The van der Waals surface area contributed by atoms with E-state index >= 15 is 0 Å². The van der Waals surface area contributed by atoms with Crippen molar-refractivity contribution in [3.05, 3.63) is 76.4 Å². The van der Waals surface area contributed by atoms with Crippen LogP contribution in [0.3, 0.4) is 0 Å². The Morgan fingerprint density at radius 3 is 2.85 bits per heavy atom. The molecule has 0 aromatic heterocycles. The average Bonchev–Trinajstić information content (AvgIpc) is 3.10. The minimum atomic E-state index is -0.541. The number of aryl methyl sites for hydroxylation is 2. The predicted molar refractivity (Wildman–Crippen MR) is 105 cm³/mol. The number of carbonyl (C=O) groups excluding carboxylic acids is 1. The monoisotopic (exact) mass is 366 g/mol. The number of aliphatic hydroxyl groups is 1. The minimum absolute atomic E-state index is 0.134. The predicted octanol–water partition coefficient (Wildman–Crippen LogP) is 3.00. The Balaban J connectivity index is 1.80.